The zero-order valence-electron chi connectivity index (χ0n) is 8.60. The Balaban J connectivity index is 0.00000144. The monoisotopic (exact) mass is 262 g/mol. The van der Waals surface area contributed by atoms with Crippen LogP contribution in [0, 0.1) is 0 Å². The molecule has 4 nitrogen and oxygen atoms in total. The van der Waals surface area contributed by atoms with Gasteiger partial charge in [0.2, 0.25) is 0 Å². The number of carbonyl (C=O) groups is 2. The first kappa shape index (κ1) is 13.4. The SMILES string of the molecule is O=C([O-])c1cc(C(=O)[O-])c2ccccc2c1.[Ti+2]. The van der Waals surface area contributed by atoms with Crippen molar-refractivity contribution in [2.24, 2.45) is 0 Å². The third kappa shape index (κ3) is 2.54. The Kier molecular flexibility index (Phi) is 4.04. The van der Waals surface area contributed by atoms with E-state index >= 15 is 0 Å². The van der Waals surface area contributed by atoms with Crippen LogP contribution in [0.15, 0.2) is 36.4 Å². The van der Waals surface area contributed by atoms with Crippen LogP contribution in [0.1, 0.15) is 20.7 Å². The molecule has 82 valence electrons. The average molecular weight is 262 g/mol. The number of carboxylic acid groups (broad SMARTS) is 2. The summed E-state index contributed by atoms with van der Waals surface area (Å²) in [6.07, 6.45) is 0. The summed E-state index contributed by atoms with van der Waals surface area (Å²) in [5.41, 5.74) is -0.310. The van der Waals surface area contributed by atoms with Gasteiger partial charge in [-0.1, -0.05) is 24.3 Å². The topological polar surface area (TPSA) is 80.3 Å². The van der Waals surface area contributed by atoms with E-state index in [2.05, 4.69) is 0 Å². The van der Waals surface area contributed by atoms with Crippen LogP contribution >= 0.6 is 0 Å². The van der Waals surface area contributed by atoms with Crippen molar-refractivity contribution < 1.29 is 41.5 Å². The molecule has 0 radical (unpaired) electrons. The van der Waals surface area contributed by atoms with Gasteiger partial charge in [-0.3, -0.25) is 0 Å². The maximum Gasteiger partial charge on any atom is 2.00 e. The van der Waals surface area contributed by atoms with Crippen LogP contribution in [-0.4, -0.2) is 11.9 Å². The van der Waals surface area contributed by atoms with Crippen molar-refractivity contribution in [3.8, 4) is 0 Å². The maximum atomic E-state index is 10.9. The summed E-state index contributed by atoms with van der Waals surface area (Å²) in [6.45, 7) is 0. The van der Waals surface area contributed by atoms with Crippen LogP contribution in [0.2, 0.25) is 0 Å². The van der Waals surface area contributed by atoms with Gasteiger partial charge < -0.3 is 19.8 Å². The minimum Gasteiger partial charge on any atom is -0.545 e. The predicted molar refractivity (Wildman–Crippen MR) is 52.6 cm³/mol. The number of carboxylic acids is 2. The first-order chi connectivity index (χ1) is 7.59. The first-order valence-corrected chi connectivity index (χ1v) is 4.55. The van der Waals surface area contributed by atoms with E-state index in [4.69, 9.17) is 0 Å². The van der Waals surface area contributed by atoms with E-state index in [-0.39, 0.29) is 32.8 Å². The summed E-state index contributed by atoms with van der Waals surface area (Å²) in [4.78, 5) is 21.6. The van der Waals surface area contributed by atoms with E-state index in [0.29, 0.717) is 10.8 Å². The molecule has 0 heterocycles. The Morgan fingerprint density at radius 1 is 0.941 bits per heavy atom. The fraction of sp³-hybridized carbons (Fsp3) is 0. The van der Waals surface area contributed by atoms with Gasteiger partial charge in [0.25, 0.3) is 0 Å². The molecule has 0 N–H and O–H groups in total. The fourth-order valence-electron chi connectivity index (χ4n) is 1.60. The molecule has 2 aromatic carbocycles. The molecule has 17 heavy (non-hydrogen) atoms. The van der Waals surface area contributed by atoms with Crippen LogP contribution in [0.3, 0.4) is 0 Å². The van der Waals surface area contributed by atoms with Crippen molar-refractivity contribution in [3.63, 3.8) is 0 Å². The second-order valence-corrected chi connectivity index (χ2v) is 3.32. The molecular formula is C12H6O4Ti. The molecule has 2 aromatic rings. The molecule has 0 aliphatic carbocycles. The molecule has 0 saturated heterocycles. The van der Waals surface area contributed by atoms with Gasteiger partial charge >= 0.3 is 21.7 Å². The van der Waals surface area contributed by atoms with E-state index in [9.17, 15) is 19.8 Å². The molecular weight excluding hydrogens is 256 g/mol. The normalized spacial score (nSPS) is 9.65. The van der Waals surface area contributed by atoms with Crippen molar-refractivity contribution in [2.75, 3.05) is 0 Å². The molecule has 0 fully saturated rings. The number of rotatable bonds is 2. The molecule has 0 atom stereocenters. The quantitative estimate of drug-likeness (QED) is 0.687. The van der Waals surface area contributed by atoms with E-state index in [0.717, 1.165) is 6.07 Å². The van der Waals surface area contributed by atoms with Crippen LogP contribution in [0.25, 0.3) is 10.8 Å². The largest absolute Gasteiger partial charge is 2.00 e. The van der Waals surface area contributed by atoms with E-state index in [1.165, 1.54) is 6.07 Å². The van der Waals surface area contributed by atoms with Gasteiger partial charge in [0, 0.05) is 5.56 Å². The molecule has 0 aromatic heterocycles. The molecule has 0 unspecified atom stereocenters. The minimum atomic E-state index is -1.41. The van der Waals surface area contributed by atoms with Gasteiger partial charge in [0.15, 0.2) is 0 Å². The predicted octanol–water partition coefficient (Wildman–Crippen LogP) is -0.436. The summed E-state index contributed by atoms with van der Waals surface area (Å²) in [5.74, 6) is -2.81. The number of carbonyl (C=O) groups excluding carboxylic acids is 2. The second-order valence-electron chi connectivity index (χ2n) is 3.32. The molecule has 0 saturated carbocycles. The zero-order valence-corrected chi connectivity index (χ0v) is 10.2. The molecule has 0 aliphatic heterocycles. The molecule has 5 heteroatoms. The maximum absolute atomic E-state index is 10.9. The Morgan fingerprint density at radius 3 is 2.18 bits per heavy atom. The van der Waals surface area contributed by atoms with Gasteiger partial charge in [-0.2, -0.15) is 0 Å². The Hall–Kier alpha value is -1.65. The minimum absolute atomic E-state index is 0. The summed E-state index contributed by atoms with van der Waals surface area (Å²) < 4.78 is 0. The molecule has 0 aliphatic rings. The van der Waals surface area contributed by atoms with Crippen molar-refractivity contribution >= 4 is 22.7 Å². The summed E-state index contributed by atoms with van der Waals surface area (Å²) >= 11 is 0. The van der Waals surface area contributed by atoms with Crippen LogP contribution in [0.5, 0.6) is 0 Å². The van der Waals surface area contributed by atoms with Gasteiger partial charge in [-0.05, 0) is 28.5 Å². The summed E-state index contributed by atoms with van der Waals surface area (Å²) in [5, 5.41) is 22.5. The van der Waals surface area contributed by atoms with Crippen LogP contribution in [-0.2, 0) is 21.7 Å². The number of benzene rings is 2. The van der Waals surface area contributed by atoms with Crippen LogP contribution < -0.4 is 10.2 Å². The van der Waals surface area contributed by atoms with Gasteiger partial charge in [0.05, 0.1) is 11.9 Å². The van der Waals surface area contributed by atoms with Gasteiger partial charge in [-0.15, -0.1) is 0 Å². The van der Waals surface area contributed by atoms with E-state index < -0.39 is 11.9 Å². The molecule has 0 amide bonds. The number of aromatic carboxylic acids is 2. The third-order valence-electron chi connectivity index (χ3n) is 2.32. The fourth-order valence-corrected chi connectivity index (χ4v) is 1.60. The Morgan fingerprint density at radius 2 is 1.59 bits per heavy atom. The molecule has 0 bridgehead atoms. The zero-order chi connectivity index (χ0) is 11.7. The molecule has 2 rings (SSSR count). The Labute approximate surface area is 112 Å². The standard InChI is InChI=1S/C12H8O4.Ti/c13-11(14)8-5-7-3-1-2-4-9(7)10(6-8)12(15)16;/h1-6H,(H,13,14)(H,15,16);/q;+2/p-2. The average Bonchev–Trinajstić information content (AvgIpc) is 2.27. The number of hydrogen-bond donors (Lipinski definition) is 0. The number of hydrogen-bond acceptors (Lipinski definition) is 4. The number of fused-ring (bicyclic) bond motifs is 1. The van der Waals surface area contributed by atoms with Crippen molar-refractivity contribution in [1.82, 2.24) is 0 Å². The van der Waals surface area contributed by atoms with Crippen LogP contribution in [0.4, 0.5) is 0 Å². The van der Waals surface area contributed by atoms with Gasteiger partial charge in [-0.25, -0.2) is 0 Å². The van der Waals surface area contributed by atoms with Crippen molar-refractivity contribution in [3.05, 3.63) is 47.5 Å². The summed E-state index contributed by atoms with van der Waals surface area (Å²) in [7, 11) is 0. The van der Waals surface area contributed by atoms with Crippen molar-refractivity contribution in [1.29, 1.82) is 0 Å². The molecule has 0 spiro atoms. The smallest absolute Gasteiger partial charge is 0.545 e. The second kappa shape index (κ2) is 5.12. The van der Waals surface area contributed by atoms with Crippen molar-refractivity contribution in [2.45, 2.75) is 0 Å². The van der Waals surface area contributed by atoms with E-state index in [1.807, 2.05) is 0 Å². The Bertz CT molecular complexity index is 592. The van der Waals surface area contributed by atoms with E-state index in [1.54, 1.807) is 24.3 Å². The first-order valence-electron chi connectivity index (χ1n) is 4.55. The third-order valence-corrected chi connectivity index (χ3v) is 2.32. The van der Waals surface area contributed by atoms with Gasteiger partial charge in [0.1, 0.15) is 0 Å². The summed E-state index contributed by atoms with van der Waals surface area (Å²) in [6, 6.07) is 9.02.